The molecule has 0 aliphatic carbocycles. The molecule has 0 nitrogen and oxygen atoms in total. The van der Waals surface area contributed by atoms with Gasteiger partial charge in [0.2, 0.25) is 0 Å². The summed E-state index contributed by atoms with van der Waals surface area (Å²) in [6, 6.07) is 10.5. The van der Waals surface area contributed by atoms with Crippen LogP contribution < -0.4 is 0 Å². The normalized spacial score (nSPS) is 11.7. The van der Waals surface area contributed by atoms with Crippen molar-refractivity contribution in [2.45, 2.75) is 6.92 Å². The van der Waals surface area contributed by atoms with Gasteiger partial charge in [0, 0.05) is 0 Å². The third-order valence-corrected chi connectivity index (χ3v) is 1.71. The van der Waals surface area contributed by atoms with Gasteiger partial charge in [-0.15, -0.1) is 0 Å². The molecule has 0 amide bonds. The molecule has 0 radical (unpaired) electrons. The fourth-order valence-corrected chi connectivity index (χ4v) is 1.40. The fourth-order valence-electron chi connectivity index (χ4n) is 0.883. The Labute approximate surface area is 95.9 Å². The van der Waals surface area contributed by atoms with Crippen molar-refractivity contribution in [2.75, 3.05) is 0 Å². The van der Waals surface area contributed by atoms with Crippen LogP contribution in [0.2, 0.25) is 0 Å². The molecule has 10 heavy (non-hydrogen) atoms. The molecule has 0 spiro atoms. The maximum absolute atomic E-state index is 2.25. The monoisotopic (exact) mass is 156 g/mol. The molecule has 0 saturated carbocycles. The van der Waals surface area contributed by atoms with E-state index in [2.05, 4.69) is 37.3 Å². The molecule has 1 rings (SSSR count). The molecular formula is C9H9K. The number of allylic oxidation sites excluding steroid dienone is 1. The van der Waals surface area contributed by atoms with Crippen molar-refractivity contribution >= 4 is 55.0 Å². The summed E-state index contributed by atoms with van der Waals surface area (Å²) in [7, 11) is 0. The molecular weight excluding hydrogens is 147 g/mol. The van der Waals surface area contributed by atoms with E-state index in [4.69, 9.17) is 0 Å². The van der Waals surface area contributed by atoms with Crippen molar-refractivity contribution in [3.8, 4) is 0 Å². The summed E-state index contributed by atoms with van der Waals surface area (Å²) >= 11 is 0.836. The molecule has 0 aromatic heterocycles. The molecule has 0 atom stereocenters. The Morgan fingerprint density at radius 1 is 1.30 bits per heavy atom. The van der Waals surface area contributed by atoms with Crippen molar-refractivity contribution in [3.05, 3.63) is 35.6 Å². The number of hydrogen-bond acceptors (Lipinski definition) is 0. The number of benzene rings is 1. The standard InChI is InChI=1S/C9H9.K/c1-2-6-9-7-4-3-5-8-9;/h3-8H,1H3;. The van der Waals surface area contributed by atoms with Crippen molar-refractivity contribution in [1.29, 1.82) is 0 Å². The van der Waals surface area contributed by atoms with Gasteiger partial charge in [-0.25, -0.2) is 0 Å². The fraction of sp³-hybridized carbons (Fsp3) is 0.111. The zero-order valence-electron chi connectivity index (χ0n) is 6.46. The Kier molecular flexibility index (Phi) is 3.88. The van der Waals surface area contributed by atoms with E-state index in [1.54, 1.807) is 0 Å². The van der Waals surface area contributed by atoms with Gasteiger partial charge in [-0.2, -0.15) is 0 Å². The van der Waals surface area contributed by atoms with E-state index in [0.29, 0.717) is 0 Å². The molecule has 0 heterocycles. The van der Waals surface area contributed by atoms with E-state index in [1.807, 2.05) is 6.07 Å². The molecule has 0 saturated heterocycles. The minimum absolute atomic E-state index is 0.836. The molecule has 0 N–H and O–H groups in total. The predicted molar refractivity (Wildman–Crippen MR) is 45.8 cm³/mol. The molecule has 1 aromatic carbocycles. The summed E-state index contributed by atoms with van der Waals surface area (Å²) in [6.45, 7) is 2.19. The van der Waals surface area contributed by atoms with Crippen LogP contribution in [0.5, 0.6) is 0 Å². The minimum atomic E-state index is 0.836. The van der Waals surface area contributed by atoms with Crippen molar-refractivity contribution in [1.82, 2.24) is 0 Å². The summed E-state index contributed by atoms with van der Waals surface area (Å²) < 4.78 is 1.53. The molecule has 0 fully saturated rings. The first-order valence-electron chi connectivity index (χ1n) is 3.49. The molecule has 1 aromatic rings. The molecule has 0 bridgehead atoms. The van der Waals surface area contributed by atoms with Crippen LogP contribution in [0.3, 0.4) is 0 Å². The van der Waals surface area contributed by atoms with E-state index >= 15 is 0 Å². The van der Waals surface area contributed by atoms with E-state index in [-0.39, 0.29) is 0 Å². The van der Waals surface area contributed by atoms with Gasteiger partial charge in [0.1, 0.15) is 0 Å². The first-order chi connectivity index (χ1) is 4.79. The Morgan fingerprint density at radius 2 is 1.90 bits per heavy atom. The van der Waals surface area contributed by atoms with Crippen LogP contribution in [0.15, 0.2) is 30.0 Å². The van der Waals surface area contributed by atoms with Gasteiger partial charge in [-0.1, -0.05) is 0 Å². The first kappa shape index (κ1) is 8.69. The van der Waals surface area contributed by atoms with E-state index in [9.17, 15) is 0 Å². The predicted octanol–water partition coefficient (Wildman–Crippen LogP) is 2.22. The van der Waals surface area contributed by atoms with Crippen LogP contribution in [-0.2, 0) is 0 Å². The third kappa shape index (κ3) is 3.13. The molecule has 0 aliphatic rings. The Hall–Kier alpha value is 0.596. The van der Waals surface area contributed by atoms with Crippen LogP contribution in [0, 0.1) is 0 Å². The molecule has 0 unspecified atom stereocenters. The van der Waals surface area contributed by atoms with Crippen LogP contribution >= 0.6 is 0 Å². The third-order valence-electron chi connectivity index (χ3n) is 1.25. The second-order valence-electron chi connectivity index (χ2n) is 2.63. The number of rotatable bonds is 1. The zero-order chi connectivity index (χ0) is 7.40. The Balaban J connectivity index is 2.87. The van der Waals surface area contributed by atoms with E-state index in [1.165, 1.54) is 5.23 Å². The average Bonchev–Trinajstić information content (AvgIpc) is 1.88. The SMILES string of the molecule is C/[C]([K])=C\c1ccccc1. The Morgan fingerprint density at radius 3 is 2.40 bits per heavy atom. The summed E-state index contributed by atoms with van der Waals surface area (Å²) in [5.74, 6) is 0. The summed E-state index contributed by atoms with van der Waals surface area (Å²) in [5, 5.41) is 0. The van der Waals surface area contributed by atoms with Gasteiger partial charge in [0.25, 0.3) is 0 Å². The topological polar surface area (TPSA) is 0 Å². The zero-order valence-corrected chi connectivity index (χ0v) is 9.59. The maximum atomic E-state index is 2.25. The Bertz CT molecular complexity index is 220. The van der Waals surface area contributed by atoms with Gasteiger partial charge in [-0.05, 0) is 0 Å². The van der Waals surface area contributed by atoms with Crippen LogP contribution in [0.25, 0.3) is 6.08 Å². The van der Waals surface area contributed by atoms with Crippen LogP contribution in [0.4, 0.5) is 0 Å². The van der Waals surface area contributed by atoms with E-state index in [0.717, 1.165) is 49.0 Å². The van der Waals surface area contributed by atoms with E-state index < -0.39 is 0 Å². The summed E-state index contributed by atoms with van der Waals surface area (Å²) in [5.41, 5.74) is 1.33. The van der Waals surface area contributed by atoms with Gasteiger partial charge in [0.15, 0.2) is 0 Å². The second kappa shape index (κ2) is 4.47. The van der Waals surface area contributed by atoms with Gasteiger partial charge < -0.3 is 0 Å². The van der Waals surface area contributed by atoms with Gasteiger partial charge >= 0.3 is 97.5 Å². The average molecular weight is 156 g/mol. The second-order valence-corrected chi connectivity index (χ2v) is 5.10. The van der Waals surface area contributed by atoms with Gasteiger partial charge in [-0.3, -0.25) is 0 Å². The summed E-state index contributed by atoms with van der Waals surface area (Å²) in [6.07, 6.45) is 2.25. The quantitative estimate of drug-likeness (QED) is 0.547. The van der Waals surface area contributed by atoms with Crippen molar-refractivity contribution in [3.63, 3.8) is 0 Å². The first-order valence-corrected chi connectivity index (χ1v) is 5.05. The molecule has 46 valence electrons. The van der Waals surface area contributed by atoms with Crippen LogP contribution in [0.1, 0.15) is 12.5 Å². The van der Waals surface area contributed by atoms with Crippen molar-refractivity contribution < 1.29 is 0 Å². The summed E-state index contributed by atoms with van der Waals surface area (Å²) in [4.78, 5) is 0. The molecule has 0 aliphatic heterocycles. The van der Waals surface area contributed by atoms with Crippen LogP contribution in [-0.4, -0.2) is 49.0 Å². The van der Waals surface area contributed by atoms with Gasteiger partial charge in [0.05, 0.1) is 0 Å². The molecule has 1 heteroatoms. The number of hydrogen-bond donors (Lipinski definition) is 0. The van der Waals surface area contributed by atoms with Crippen molar-refractivity contribution in [2.24, 2.45) is 0 Å².